The minimum Gasteiger partial charge on any atom is -0.352 e. The van der Waals surface area contributed by atoms with Gasteiger partial charge >= 0.3 is 0 Å². The molecule has 0 bridgehead atoms. The van der Waals surface area contributed by atoms with Crippen molar-refractivity contribution in [3.63, 3.8) is 0 Å². The van der Waals surface area contributed by atoms with Crippen molar-refractivity contribution in [2.24, 2.45) is 17.6 Å². The van der Waals surface area contributed by atoms with Crippen molar-refractivity contribution in [1.82, 2.24) is 10.6 Å². The van der Waals surface area contributed by atoms with E-state index in [9.17, 15) is 9.59 Å². The third-order valence-corrected chi connectivity index (χ3v) is 3.00. The number of nitrogens with one attached hydrogen (secondary N) is 2. The number of amides is 2. The van der Waals surface area contributed by atoms with Crippen molar-refractivity contribution >= 4 is 11.8 Å². The average Bonchev–Trinajstić information content (AvgIpc) is 3.08. The van der Waals surface area contributed by atoms with Gasteiger partial charge in [0.1, 0.15) is 0 Å². The largest absolute Gasteiger partial charge is 0.352 e. The minimum atomic E-state index is -0.0981. The van der Waals surface area contributed by atoms with Crippen LogP contribution in [0.1, 0.15) is 39.5 Å². The Morgan fingerprint density at radius 3 is 2.44 bits per heavy atom. The van der Waals surface area contributed by atoms with Crippen LogP contribution in [0.3, 0.4) is 0 Å². The van der Waals surface area contributed by atoms with E-state index in [0.29, 0.717) is 24.9 Å². The molecule has 104 valence electrons. The second kappa shape index (κ2) is 7.36. The van der Waals surface area contributed by atoms with E-state index in [1.807, 2.05) is 0 Å². The van der Waals surface area contributed by atoms with Gasteiger partial charge in [-0.15, -0.1) is 0 Å². The highest BCUT2D eigenvalue weighted by Gasteiger charge is 2.23. The molecule has 1 aliphatic rings. The van der Waals surface area contributed by atoms with Gasteiger partial charge in [-0.3, -0.25) is 9.59 Å². The summed E-state index contributed by atoms with van der Waals surface area (Å²) in [6, 6.07) is 0.340. The van der Waals surface area contributed by atoms with Gasteiger partial charge in [-0.05, 0) is 37.6 Å². The number of carbonyl (C=O) groups is 2. The molecule has 1 fully saturated rings. The lowest BCUT2D eigenvalue weighted by Gasteiger charge is -2.16. The van der Waals surface area contributed by atoms with E-state index in [1.54, 1.807) is 0 Å². The van der Waals surface area contributed by atoms with Gasteiger partial charge in [0, 0.05) is 12.5 Å². The lowest BCUT2D eigenvalue weighted by molar-refractivity contribution is -0.126. The van der Waals surface area contributed by atoms with Crippen LogP contribution in [0.5, 0.6) is 0 Å². The molecule has 0 aromatic carbocycles. The molecule has 0 aromatic rings. The fraction of sp³-hybridized carbons (Fsp3) is 0.846. The highest BCUT2D eigenvalue weighted by molar-refractivity contribution is 5.85. The number of nitrogens with two attached hydrogens (primary N) is 1. The van der Waals surface area contributed by atoms with Crippen molar-refractivity contribution in [2.45, 2.75) is 45.6 Å². The molecule has 0 spiro atoms. The summed E-state index contributed by atoms with van der Waals surface area (Å²) >= 11 is 0. The Labute approximate surface area is 109 Å². The van der Waals surface area contributed by atoms with Crippen LogP contribution >= 0.6 is 0 Å². The van der Waals surface area contributed by atoms with E-state index in [4.69, 9.17) is 5.73 Å². The van der Waals surface area contributed by atoms with Crippen LogP contribution in [0.2, 0.25) is 0 Å². The minimum absolute atomic E-state index is 0.0777. The van der Waals surface area contributed by atoms with E-state index >= 15 is 0 Å². The Balaban J connectivity index is 2.16. The van der Waals surface area contributed by atoms with Crippen LogP contribution in [-0.2, 0) is 9.59 Å². The highest BCUT2D eigenvalue weighted by atomic mass is 16.2. The lowest BCUT2D eigenvalue weighted by Crippen LogP contribution is -2.38. The first-order valence-electron chi connectivity index (χ1n) is 6.77. The predicted octanol–water partition coefficient (Wildman–Crippen LogP) is 0.392. The Hall–Kier alpha value is -1.10. The van der Waals surface area contributed by atoms with Crippen LogP contribution in [0.15, 0.2) is 0 Å². The Kier molecular flexibility index (Phi) is 6.12. The van der Waals surface area contributed by atoms with Crippen molar-refractivity contribution in [2.75, 3.05) is 13.1 Å². The van der Waals surface area contributed by atoms with Gasteiger partial charge in [0.2, 0.25) is 11.8 Å². The molecule has 1 saturated carbocycles. The zero-order valence-electron chi connectivity index (χ0n) is 11.4. The first-order valence-corrected chi connectivity index (χ1v) is 6.77. The predicted molar refractivity (Wildman–Crippen MR) is 70.8 cm³/mol. The van der Waals surface area contributed by atoms with Gasteiger partial charge in [0.15, 0.2) is 0 Å². The van der Waals surface area contributed by atoms with E-state index in [-0.39, 0.29) is 24.3 Å². The molecule has 0 aliphatic heterocycles. The molecule has 1 aliphatic carbocycles. The van der Waals surface area contributed by atoms with Gasteiger partial charge in [0.05, 0.1) is 6.54 Å². The molecule has 1 unspecified atom stereocenters. The topological polar surface area (TPSA) is 84.2 Å². The Morgan fingerprint density at radius 2 is 1.94 bits per heavy atom. The summed E-state index contributed by atoms with van der Waals surface area (Å²) in [6.45, 7) is 4.82. The molecule has 4 N–H and O–H groups in total. The van der Waals surface area contributed by atoms with Crippen molar-refractivity contribution in [3.8, 4) is 0 Å². The summed E-state index contributed by atoms with van der Waals surface area (Å²) in [4.78, 5) is 23.0. The molecule has 0 heterocycles. The third-order valence-electron chi connectivity index (χ3n) is 3.00. The van der Waals surface area contributed by atoms with Gasteiger partial charge < -0.3 is 16.4 Å². The van der Waals surface area contributed by atoms with Gasteiger partial charge in [-0.25, -0.2) is 0 Å². The molecule has 0 aromatic heterocycles. The van der Waals surface area contributed by atoms with Gasteiger partial charge in [0.25, 0.3) is 0 Å². The van der Waals surface area contributed by atoms with Gasteiger partial charge in [-0.1, -0.05) is 13.8 Å². The zero-order valence-corrected chi connectivity index (χ0v) is 11.4. The van der Waals surface area contributed by atoms with Crippen LogP contribution < -0.4 is 16.4 Å². The normalized spacial score (nSPS) is 16.4. The quantitative estimate of drug-likeness (QED) is 0.586. The standard InChI is InChI=1S/C13H25N3O2/c1-9(2)5-10(7-14)6-12(17)15-8-13(18)16-11-3-4-11/h9-11H,3-8,14H2,1-2H3,(H,15,17)(H,16,18). The fourth-order valence-electron chi connectivity index (χ4n) is 1.95. The molecule has 1 rings (SSSR count). The van der Waals surface area contributed by atoms with Gasteiger partial charge in [-0.2, -0.15) is 0 Å². The summed E-state index contributed by atoms with van der Waals surface area (Å²) in [6.07, 6.45) is 3.47. The number of carbonyl (C=O) groups excluding carboxylic acids is 2. The van der Waals surface area contributed by atoms with Crippen LogP contribution in [0.25, 0.3) is 0 Å². The highest BCUT2D eigenvalue weighted by Crippen LogP contribution is 2.18. The maximum atomic E-state index is 11.7. The van der Waals surface area contributed by atoms with E-state index in [0.717, 1.165) is 19.3 Å². The smallest absolute Gasteiger partial charge is 0.239 e. The molecular formula is C13H25N3O2. The lowest BCUT2D eigenvalue weighted by atomic mass is 9.94. The first-order chi connectivity index (χ1) is 8.51. The molecule has 5 nitrogen and oxygen atoms in total. The molecular weight excluding hydrogens is 230 g/mol. The van der Waals surface area contributed by atoms with E-state index < -0.39 is 0 Å². The fourth-order valence-corrected chi connectivity index (χ4v) is 1.95. The first kappa shape index (κ1) is 15.0. The number of hydrogen-bond donors (Lipinski definition) is 3. The monoisotopic (exact) mass is 255 g/mol. The van der Waals surface area contributed by atoms with Crippen molar-refractivity contribution in [1.29, 1.82) is 0 Å². The van der Waals surface area contributed by atoms with E-state index in [1.165, 1.54) is 0 Å². The zero-order chi connectivity index (χ0) is 13.5. The van der Waals surface area contributed by atoms with E-state index in [2.05, 4.69) is 24.5 Å². The van der Waals surface area contributed by atoms with Crippen LogP contribution in [0, 0.1) is 11.8 Å². The van der Waals surface area contributed by atoms with Crippen LogP contribution in [0.4, 0.5) is 0 Å². The number of hydrogen-bond acceptors (Lipinski definition) is 3. The molecule has 2 amide bonds. The maximum Gasteiger partial charge on any atom is 0.239 e. The second-order valence-electron chi connectivity index (χ2n) is 5.55. The molecule has 5 heteroatoms. The summed E-state index contributed by atoms with van der Waals surface area (Å²) in [5.41, 5.74) is 5.64. The Bertz CT molecular complexity index is 288. The molecule has 1 atom stereocenters. The average molecular weight is 255 g/mol. The summed E-state index contributed by atoms with van der Waals surface area (Å²) in [5, 5.41) is 5.48. The second-order valence-corrected chi connectivity index (χ2v) is 5.55. The maximum absolute atomic E-state index is 11.7. The molecule has 0 saturated heterocycles. The SMILES string of the molecule is CC(C)CC(CN)CC(=O)NCC(=O)NC1CC1. The van der Waals surface area contributed by atoms with Crippen molar-refractivity contribution < 1.29 is 9.59 Å². The summed E-state index contributed by atoms with van der Waals surface area (Å²) in [5.74, 6) is 0.553. The number of rotatable bonds is 8. The Morgan fingerprint density at radius 1 is 1.28 bits per heavy atom. The molecule has 0 radical (unpaired) electrons. The summed E-state index contributed by atoms with van der Waals surface area (Å²) in [7, 11) is 0. The molecule has 18 heavy (non-hydrogen) atoms. The van der Waals surface area contributed by atoms with Crippen LogP contribution in [-0.4, -0.2) is 30.9 Å². The summed E-state index contributed by atoms with van der Waals surface area (Å²) < 4.78 is 0. The van der Waals surface area contributed by atoms with Crippen molar-refractivity contribution in [3.05, 3.63) is 0 Å². The third kappa shape index (κ3) is 6.59.